The fourth-order valence-corrected chi connectivity index (χ4v) is 3.97. The molecule has 0 unspecified atom stereocenters. The maximum atomic E-state index is 4.73. The summed E-state index contributed by atoms with van der Waals surface area (Å²) in [6.07, 6.45) is 1.07. The molecule has 3 heterocycles. The zero-order valence-corrected chi connectivity index (χ0v) is 14.2. The molecule has 0 amide bonds. The minimum absolute atomic E-state index is 0.986. The van der Waals surface area contributed by atoms with Crippen LogP contribution in [0.25, 0.3) is 22.2 Å². The highest BCUT2D eigenvalue weighted by molar-refractivity contribution is 5.98. The second kappa shape index (κ2) is 5.53. The van der Waals surface area contributed by atoms with Gasteiger partial charge >= 0.3 is 0 Å². The molecule has 0 saturated heterocycles. The van der Waals surface area contributed by atoms with Crippen molar-refractivity contribution in [2.45, 2.75) is 40.3 Å². The summed E-state index contributed by atoms with van der Waals surface area (Å²) in [4.78, 5) is 2.50. The van der Waals surface area contributed by atoms with E-state index < -0.39 is 0 Å². The molecule has 120 valence electrons. The van der Waals surface area contributed by atoms with E-state index in [9.17, 15) is 0 Å². The largest absolute Gasteiger partial charge is 0.344 e. The Hall–Kier alpha value is -2.07. The van der Waals surface area contributed by atoms with Gasteiger partial charge in [0.05, 0.1) is 5.69 Å². The molecule has 4 heteroatoms. The molecule has 0 aliphatic carbocycles. The third kappa shape index (κ3) is 2.12. The summed E-state index contributed by atoms with van der Waals surface area (Å²) in [5.41, 5.74) is 7.79. The fraction of sp³-hybridized carbons (Fsp3) is 0.421. The van der Waals surface area contributed by atoms with Gasteiger partial charge in [0.15, 0.2) is 0 Å². The third-order valence-electron chi connectivity index (χ3n) is 5.24. The van der Waals surface area contributed by atoms with Crippen LogP contribution in [0.15, 0.2) is 24.3 Å². The van der Waals surface area contributed by atoms with Crippen molar-refractivity contribution >= 4 is 10.9 Å². The van der Waals surface area contributed by atoms with Crippen molar-refractivity contribution in [3.63, 3.8) is 0 Å². The van der Waals surface area contributed by atoms with E-state index in [0.29, 0.717) is 0 Å². The smallest absolute Gasteiger partial charge is 0.0992 e. The van der Waals surface area contributed by atoms with Gasteiger partial charge in [-0.2, -0.15) is 5.10 Å². The lowest BCUT2D eigenvalue weighted by Gasteiger charge is -2.25. The molecular formula is C19H24N4. The van der Waals surface area contributed by atoms with E-state index in [1.165, 1.54) is 33.4 Å². The number of fused-ring (bicyclic) bond motifs is 2. The van der Waals surface area contributed by atoms with Gasteiger partial charge in [0.25, 0.3) is 0 Å². The third-order valence-corrected chi connectivity index (χ3v) is 5.24. The van der Waals surface area contributed by atoms with Crippen LogP contribution >= 0.6 is 0 Å². The SMILES string of the molecule is CCN1CCc2[nH]nc(-c3c(C)n(CC)c4ccccc34)c2C1. The highest BCUT2D eigenvalue weighted by atomic mass is 15.2. The van der Waals surface area contributed by atoms with Crippen LogP contribution in [0.4, 0.5) is 0 Å². The van der Waals surface area contributed by atoms with Crippen LogP contribution in [-0.4, -0.2) is 32.8 Å². The van der Waals surface area contributed by atoms with Crippen molar-refractivity contribution < 1.29 is 0 Å². The van der Waals surface area contributed by atoms with Crippen molar-refractivity contribution in [1.82, 2.24) is 19.7 Å². The molecule has 2 aromatic heterocycles. The molecule has 0 saturated carbocycles. The van der Waals surface area contributed by atoms with Gasteiger partial charge in [-0.25, -0.2) is 0 Å². The molecule has 0 atom stereocenters. The first-order valence-corrected chi connectivity index (χ1v) is 8.61. The number of aromatic nitrogens is 3. The second-order valence-electron chi connectivity index (χ2n) is 6.37. The van der Waals surface area contributed by atoms with E-state index in [4.69, 9.17) is 5.10 Å². The fourth-order valence-electron chi connectivity index (χ4n) is 3.97. The van der Waals surface area contributed by atoms with Gasteiger partial charge < -0.3 is 4.57 Å². The number of para-hydroxylation sites is 1. The van der Waals surface area contributed by atoms with Gasteiger partial charge in [-0.1, -0.05) is 25.1 Å². The van der Waals surface area contributed by atoms with Gasteiger partial charge in [-0.05, 0) is 26.5 Å². The van der Waals surface area contributed by atoms with Crippen LogP contribution in [0.3, 0.4) is 0 Å². The number of aryl methyl sites for hydroxylation is 1. The van der Waals surface area contributed by atoms with E-state index in [1.807, 2.05) is 0 Å². The Kier molecular flexibility index (Phi) is 3.49. The molecule has 23 heavy (non-hydrogen) atoms. The van der Waals surface area contributed by atoms with Crippen LogP contribution in [0.1, 0.15) is 30.8 Å². The molecule has 0 radical (unpaired) electrons. The summed E-state index contributed by atoms with van der Waals surface area (Å²) in [6.45, 7) is 10.9. The summed E-state index contributed by atoms with van der Waals surface area (Å²) in [6, 6.07) is 8.69. The monoisotopic (exact) mass is 308 g/mol. The van der Waals surface area contributed by atoms with E-state index in [0.717, 1.165) is 38.3 Å². The maximum absolute atomic E-state index is 4.73. The van der Waals surface area contributed by atoms with Crippen LogP contribution in [0.2, 0.25) is 0 Å². The molecule has 1 aliphatic rings. The molecular weight excluding hydrogens is 284 g/mol. The first-order chi connectivity index (χ1) is 11.2. The van der Waals surface area contributed by atoms with E-state index >= 15 is 0 Å². The summed E-state index contributed by atoms with van der Waals surface area (Å²) in [7, 11) is 0. The first-order valence-electron chi connectivity index (χ1n) is 8.61. The lowest BCUT2D eigenvalue weighted by atomic mass is 9.99. The highest BCUT2D eigenvalue weighted by Gasteiger charge is 2.25. The molecule has 0 bridgehead atoms. The zero-order chi connectivity index (χ0) is 16.0. The lowest BCUT2D eigenvalue weighted by molar-refractivity contribution is 0.267. The molecule has 4 rings (SSSR count). The number of H-pyrrole nitrogens is 1. The van der Waals surface area contributed by atoms with Crippen molar-refractivity contribution in [3.05, 3.63) is 41.2 Å². The lowest BCUT2D eigenvalue weighted by Crippen LogP contribution is -2.30. The number of rotatable bonds is 3. The number of hydrogen-bond acceptors (Lipinski definition) is 2. The molecule has 4 nitrogen and oxygen atoms in total. The molecule has 0 fully saturated rings. The quantitative estimate of drug-likeness (QED) is 0.800. The summed E-state index contributed by atoms with van der Waals surface area (Å²) >= 11 is 0. The molecule has 1 aliphatic heterocycles. The normalized spacial score (nSPS) is 15.3. The topological polar surface area (TPSA) is 36.9 Å². The summed E-state index contributed by atoms with van der Waals surface area (Å²) in [5, 5.41) is 9.35. The predicted molar refractivity (Wildman–Crippen MR) is 94.6 cm³/mol. The van der Waals surface area contributed by atoms with Crippen molar-refractivity contribution in [3.8, 4) is 11.3 Å². The number of nitrogens with zero attached hydrogens (tertiary/aromatic N) is 3. The van der Waals surface area contributed by atoms with Gasteiger partial charge in [0.1, 0.15) is 0 Å². The minimum Gasteiger partial charge on any atom is -0.344 e. The Morgan fingerprint density at radius 2 is 2.00 bits per heavy atom. The van der Waals surface area contributed by atoms with Gasteiger partial charge in [0, 0.05) is 59.5 Å². The maximum Gasteiger partial charge on any atom is 0.0992 e. The Labute approximate surface area is 137 Å². The van der Waals surface area contributed by atoms with E-state index in [2.05, 4.69) is 59.6 Å². The van der Waals surface area contributed by atoms with Crippen molar-refractivity contribution in [2.75, 3.05) is 13.1 Å². The number of likely N-dealkylation sites (N-methyl/N-ethyl adjacent to an activating group) is 1. The average molecular weight is 308 g/mol. The Morgan fingerprint density at radius 1 is 1.17 bits per heavy atom. The molecule has 3 aromatic rings. The number of nitrogens with one attached hydrogen (secondary N) is 1. The van der Waals surface area contributed by atoms with Crippen LogP contribution in [0, 0.1) is 6.92 Å². The Balaban J connectivity index is 1.95. The first kappa shape index (κ1) is 14.5. The second-order valence-corrected chi connectivity index (χ2v) is 6.37. The molecule has 1 N–H and O–H groups in total. The summed E-state index contributed by atoms with van der Waals surface area (Å²) < 4.78 is 2.39. The minimum atomic E-state index is 0.986. The molecule has 0 spiro atoms. The van der Waals surface area contributed by atoms with Gasteiger partial charge in [0.2, 0.25) is 0 Å². The van der Waals surface area contributed by atoms with Gasteiger partial charge in [-0.3, -0.25) is 10.00 Å². The Morgan fingerprint density at radius 3 is 2.78 bits per heavy atom. The Bertz CT molecular complexity index is 856. The summed E-state index contributed by atoms with van der Waals surface area (Å²) in [5.74, 6) is 0. The molecule has 1 aromatic carbocycles. The van der Waals surface area contributed by atoms with Crippen molar-refractivity contribution in [2.24, 2.45) is 0 Å². The standard InChI is InChI=1S/C19H24N4/c1-4-22-11-10-16-15(12-22)19(21-20-16)18-13(3)23(5-2)17-9-7-6-8-14(17)18/h6-9H,4-5,10-12H2,1-3H3,(H,20,21). The van der Waals surface area contributed by atoms with Crippen molar-refractivity contribution in [1.29, 1.82) is 0 Å². The van der Waals surface area contributed by atoms with Crippen LogP contribution in [-0.2, 0) is 19.5 Å². The number of benzene rings is 1. The zero-order valence-electron chi connectivity index (χ0n) is 14.2. The van der Waals surface area contributed by atoms with E-state index in [-0.39, 0.29) is 0 Å². The van der Waals surface area contributed by atoms with E-state index in [1.54, 1.807) is 0 Å². The predicted octanol–water partition coefficient (Wildman–Crippen LogP) is 3.74. The number of hydrogen-bond donors (Lipinski definition) is 1. The van der Waals surface area contributed by atoms with Crippen LogP contribution in [0.5, 0.6) is 0 Å². The van der Waals surface area contributed by atoms with Gasteiger partial charge in [-0.15, -0.1) is 0 Å². The average Bonchev–Trinajstić information content (AvgIpc) is 3.11. The van der Waals surface area contributed by atoms with Crippen LogP contribution < -0.4 is 0 Å². The highest BCUT2D eigenvalue weighted by Crippen LogP contribution is 2.37. The number of aromatic amines is 1.